The molecule has 0 aromatic carbocycles. The molecule has 11 heavy (non-hydrogen) atoms. The summed E-state index contributed by atoms with van der Waals surface area (Å²) >= 11 is 3.26. The van der Waals surface area contributed by atoms with E-state index in [0.717, 1.165) is 0 Å². The first-order chi connectivity index (χ1) is 5.01. The Morgan fingerprint density at radius 1 is 1.82 bits per heavy atom. The van der Waals surface area contributed by atoms with E-state index in [2.05, 4.69) is 21.2 Å². The summed E-state index contributed by atoms with van der Waals surface area (Å²) < 4.78 is -0.496. The highest BCUT2D eigenvalue weighted by atomic mass is 79.9. The molecule has 0 radical (unpaired) electrons. The van der Waals surface area contributed by atoms with Crippen molar-refractivity contribution < 1.29 is 4.92 Å². The molecule has 0 amide bonds. The molecule has 1 N–H and O–H groups in total. The molecule has 1 aliphatic heterocycles. The predicted octanol–water partition coefficient (Wildman–Crippen LogP) is 1.37. The molecule has 0 saturated carbocycles. The minimum Gasteiger partial charge on any atom is -0.373 e. The molecule has 1 atom stereocenters. The van der Waals surface area contributed by atoms with Crippen molar-refractivity contribution in [3.63, 3.8) is 0 Å². The maximum absolute atomic E-state index is 10.3. The maximum atomic E-state index is 10.3. The number of nitro groups is 1. The van der Waals surface area contributed by atoms with Crippen molar-refractivity contribution in [3.8, 4) is 0 Å². The van der Waals surface area contributed by atoms with Gasteiger partial charge in [0.15, 0.2) is 0 Å². The zero-order chi connectivity index (χ0) is 8.48. The van der Waals surface area contributed by atoms with E-state index in [9.17, 15) is 10.1 Å². The van der Waals surface area contributed by atoms with Crippen molar-refractivity contribution in [1.29, 1.82) is 0 Å². The van der Waals surface area contributed by atoms with Crippen LogP contribution in [-0.2, 0) is 0 Å². The average Bonchev–Trinajstić information content (AvgIpc) is 1.85. The number of allylic oxidation sites excluding steroid dienone is 1. The monoisotopic (exact) mass is 218 g/mol. The molecule has 0 saturated heterocycles. The molecule has 1 unspecified atom stereocenters. The van der Waals surface area contributed by atoms with Gasteiger partial charge in [-0.05, 0) is 6.92 Å². The van der Waals surface area contributed by atoms with Crippen LogP contribution in [0.15, 0.2) is 24.0 Å². The van der Waals surface area contributed by atoms with E-state index in [-0.39, 0.29) is 5.70 Å². The Balaban J connectivity index is 2.89. The summed E-state index contributed by atoms with van der Waals surface area (Å²) in [4.78, 5) is 9.86. The molecular formula is C6H7BrN2O2. The lowest BCUT2D eigenvalue weighted by Crippen LogP contribution is -2.32. The highest BCUT2D eigenvalue weighted by Gasteiger charge is 2.23. The van der Waals surface area contributed by atoms with Crippen LogP contribution in [0.25, 0.3) is 0 Å². The first kappa shape index (κ1) is 8.26. The number of hydrogen-bond acceptors (Lipinski definition) is 3. The Labute approximate surface area is 72.2 Å². The largest absolute Gasteiger partial charge is 0.373 e. The number of rotatable bonds is 1. The van der Waals surface area contributed by atoms with Crippen LogP contribution in [0.1, 0.15) is 6.92 Å². The maximum Gasteiger partial charge on any atom is 0.270 e. The third-order valence-electron chi connectivity index (χ3n) is 1.25. The molecule has 0 aromatic rings. The minimum absolute atomic E-state index is 0.100. The van der Waals surface area contributed by atoms with Crippen LogP contribution in [0.5, 0.6) is 0 Å². The normalized spacial score (nSPS) is 29.1. The van der Waals surface area contributed by atoms with Crippen LogP contribution in [-0.4, -0.2) is 9.37 Å². The van der Waals surface area contributed by atoms with Gasteiger partial charge in [-0.15, -0.1) is 0 Å². The van der Waals surface area contributed by atoms with Gasteiger partial charge in [0.1, 0.15) is 4.45 Å². The van der Waals surface area contributed by atoms with Gasteiger partial charge >= 0.3 is 0 Å². The summed E-state index contributed by atoms with van der Waals surface area (Å²) in [6, 6.07) is 0. The van der Waals surface area contributed by atoms with Gasteiger partial charge < -0.3 is 5.32 Å². The van der Waals surface area contributed by atoms with E-state index >= 15 is 0 Å². The third-order valence-corrected chi connectivity index (χ3v) is 1.71. The lowest BCUT2D eigenvalue weighted by molar-refractivity contribution is -0.419. The molecule has 0 fully saturated rings. The SMILES string of the molecule is CC1(Br)C=C([N+](=O)[O-])C=CN1. The molecule has 4 nitrogen and oxygen atoms in total. The Bertz CT molecular complexity index is 245. The summed E-state index contributed by atoms with van der Waals surface area (Å²) in [6.45, 7) is 1.79. The van der Waals surface area contributed by atoms with Crippen molar-refractivity contribution in [3.05, 3.63) is 34.2 Å². The number of nitrogens with zero attached hydrogens (tertiary/aromatic N) is 1. The summed E-state index contributed by atoms with van der Waals surface area (Å²) in [5.41, 5.74) is 0.100. The smallest absolute Gasteiger partial charge is 0.270 e. The second kappa shape index (κ2) is 2.65. The number of alkyl halides is 1. The molecule has 1 heterocycles. The standard InChI is InChI=1S/C6H7BrN2O2/c1-6(7)4-5(9(10)11)2-3-8-6/h2-4,8H,1H3. The first-order valence-corrected chi connectivity index (χ1v) is 3.81. The van der Waals surface area contributed by atoms with Gasteiger partial charge in [0, 0.05) is 18.4 Å². The summed E-state index contributed by atoms with van der Waals surface area (Å²) in [6.07, 6.45) is 4.48. The third kappa shape index (κ3) is 2.04. The Kier molecular flexibility index (Phi) is 1.99. The van der Waals surface area contributed by atoms with Crippen LogP contribution in [0.2, 0.25) is 0 Å². The van der Waals surface area contributed by atoms with Crippen LogP contribution in [0.4, 0.5) is 0 Å². The molecule has 60 valence electrons. The Morgan fingerprint density at radius 2 is 2.45 bits per heavy atom. The summed E-state index contributed by atoms with van der Waals surface area (Å²) in [5, 5.41) is 13.2. The fraction of sp³-hybridized carbons (Fsp3) is 0.333. The number of hydrogen-bond donors (Lipinski definition) is 1. The van der Waals surface area contributed by atoms with E-state index in [1.165, 1.54) is 12.2 Å². The second-order valence-electron chi connectivity index (χ2n) is 2.38. The first-order valence-electron chi connectivity index (χ1n) is 3.02. The average molecular weight is 219 g/mol. The molecule has 0 spiro atoms. The Hall–Kier alpha value is -0.840. The highest BCUT2D eigenvalue weighted by molar-refractivity contribution is 9.10. The minimum atomic E-state index is -0.496. The van der Waals surface area contributed by atoms with Crippen LogP contribution in [0.3, 0.4) is 0 Å². The fourth-order valence-electron chi connectivity index (χ4n) is 0.771. The van der Waals surface area contributed by atoms with Gasteiger partial charge in [-0.2, -0.15) is 0 Å². The van der Waals surface area contributed by atoms with Crippen LogP contribution >= 0.6 is 15.9 Å². The van der Waals surface area contributed by atoms with E-state index < -0.39 is 9.37 Å². The van der Waals surface area contributed by atoms with Crippen molar-refractivity contribution in [2.24, 2.45) is 0 Å². The fourth-order valence-corrected chi connectivity index (χ4v) is 1.14. The molecule has 0 bridgehead atoms. The van der Waals surface area contributed by atoms with E-state index in [4.69, 9.17) is 0 Å². The van der Waals surface area contributed by atoms with Crippen molar-refractivity contribution in [1.82, 2.24) is 5.32 Å². The summed E-state index contributed by atoms with van der Waals surface area (Å²) in [7, 11) is 0. The molecule has 0 aromatic heterocycles. The second-order valence-corrected chi connectivity index (χ2v) is 4.03. The van der Waals surface area contributed by atoms with Gasteiger partial charge in [-0.25, -0.2) is 0 Å². The molecule has 0 aliphatic carbocycles. The molecule has 1 aliphatic rings. The van der Waals surface area contributed by atoms with Gasteiger partial charge in [0.25, 0.3) is 5.70 Å². The van der Waals surface area contributed by atoms with Crippen molar-refractivity contribution in [2.45, 2.75) is 11.4 Å². The lowest BCUT2D eigenvalue weighted by Gasteiger charge is -2.20. The highest BCUT2D eigenvalue weighted by Crippen LogP contribution is 2.21. The number of halogens is 1. The molecule has 5 heteroatoms. The zero-order valence-corrected chi connectivity index (χ0v) is 7.46. The van der Waals surface area contributed by atoms with E-state index in [0.29, 0.717) is 0 Å². The van der Waals surface area contributed by atoms with Gasteiger partial charge in [0.2, 0.25) is 0 Å². The van der Waals surface area contributed by atoms with E-state index in [1.54, 1.807) is 13.1 Å². The topological polar surface area (TPSA) is 55.2 Å². The lowest BCUT2D eigenvalue weighted by atomic mass is 10.2. The van der Waals surface area contributed by atoms with Crippen LogP contribution < -0.4 is 5.32 Å². The van der Waals surface area contributed by atoms with Crippen molar-refractivity contribution >= 4 is 15.9 Å². The van der Waals surface area contributed by atoms with Gasteiger partial charge in [-0.1, -0.05) is 15.9 Å². The molecular weight excluding hydrogens is 212 g/mol. The van der Waals surface area contributed by atoms with Gasteiger partial charge in [0.05, 0.1) is 4.92 Å². The Morgan fingerprint density at radius 3 is 2.82 bits per heavy atom. The number of nitrogens with one attached hydrogen (secondary N) is 1. The number of dihydropyridines is 1. The summed E-state index contributed by atoms with van der Waals surface area (Å²) in [5.74, 6) is 0. The molecule has 1 rings (SSSR count). The zero-order valence-electron chi connectivity index (χ0n) is 5.87. The predicted molar refractivity (Wildman–Crippen MR) is 44.7 cm³/mol. The van der Waals surface area contributed by atoms with E-state index in [1.807, 2.05) is 0 Å². The van der Waals surface area contributed by atoms with Crippen LogP contribution in [0, 0.1) is 10.1 Å². The van der Waals surface area contributed by atoms with Gasteiger partial charge in [-0.3, -0.25) is 10.1 Å². The quantitative estimate of drug-likeness (QED) is 0.313. The van der Waals surface area contributed by atoms with Crippen molar-refractivity contribution in [2.75, 3.05) is 0 Å².